The number of fused-ring (bicyclic) bond motifs is 2. The van der Waals surface area contributed by atoms with E-state index in [1.54, 1.807) is 0 Å². The van der Waals surface area contributed by atoms with E-state index in [-0.39, 0.29) is 0 Å². The molecule has 8 bridgehead atoms. The summed E-state index contributed by atoms with van der Waals surface area (Å²) in [6.07, 6.45) is 16.5. The Hall–Kier alpha value is -2.35. The van der Waals surface area contributed by atoms with Crippen LogP contribution in [0.5, 0.6) is 0 Å². The molecule has 12 rings (SSSR count). The molecular formula is C52H74Cl2N4O4Si2. The highest BCUT2D eigenvalue weighted by atomic mass is 35.5. The molecule has 348 valence electrons. The molecular weight excluding hydrogens is 872 g/mol. The van der Waals surface area contributed by atoms with E-state index < -0.39 is 16.1 Å². The topological polar surface area (TPSA) is 88.2 Å². The van der Waals surface area contributed by atoms with Crippen molar-refractivity contribution < 1.29 is 19.1 Å². The quantitative estimate of drug-likeness (QED) is 0.0729. The van der Waals surface area contributed by atoms with Crippen LogP contribution in [0.3, 0.4) is 0 Å². The summed E-state index contributed by atoms with van der Waals surface area (Å²) in [6.45, 7) is 16.4. The smallest absolute Gasteiger partial charge is 0.205 e. The molecule has 2 aromatic heterocycles. The van der Waals surface area contributed by atoms with Crippen molar-refractivity contribution >= 4 is 73.0 Å². The number of Topliss-reactive ketones (excluding diaryl/α,β-unsaturated/α-hetero) is 2. The summed E-state index contributed by atoms with van der Waals surface area (Å²) in [4.78, 5) is 35.1. The van der Waals surface area contributed by atoms with E-state index in [4.69, 9.17) is 32.7 Å². The van der Waals surface area contributed by atoms with E-state index in [0.717, 1.165) is 119 Å². The fraction of sp³-hybridized carbons (Fsp3) is 0.692. The molecule has 8 saturated carbocycles. The van der Waals surface area contributed by atoms with Gasteiger partial charge in [-0.1, -0.05) is 51.4 Å². The number of carbonyl (C=O) groups excluding carboxylic acids is 2. The van der Waals surface area contributed by atoms with Crippen LogP contribution in [0, 0.1) is 59.2 Å². The maximum Gasteiger partial charge on any atom is 0.205 e. The molecule has 8 aliphatic rings. The second-order valence-corrected chi connectivity index (χ2v) is 35.9. The van der Waals surface area contributed by atoms with E-state index in [2.05, 4.69) is 61.4 Å². The number of nitrogens with zero attached hydrogens (tertiary/aromatic N) is 4. The molecule has 0 radical (unpaired) electrons. The summed E-state index contributed by atoms with van der Waals surface area (Å²) in [5, 5.41) is 0.898. The van der Waals surface area contributed by atoms with Gasteiger partial charge in [-0.25, -0.2) is 9.97 Å². The predicted molar refractivity (Wildman–Crippen MR) is 265 cm³/mol. The highest BCUT2D eigenvalue weighted by Crippen LogP contribution is 2.58. The number of imidazole rings is 2. The maximum absolute atomic E-state index is 13.1. The number of hydrogen-bond acceptors (Lipinski definition) is 6. The minimum absolute atomic E-state index is 0.391. The van der Waals surface area contributed by atoms with Crippen molar-refractivity contribution in [3.05, 3.63) is 58.1 Å². The van der Waals surface area contributed by atoms with Crippen LogP contribution in [-0.2, 0) is 45.4 Å². The normalized spacial score (nSPS) is 29.2. The van der Waals surface area contributed by atoms with Crippen molar-refractivity contribution in [2.24, 2.45) is 59.2 Å². The highest BCUT2D eigenvalue weighted by Gasteiger charge is 2.49. The number of ether oxygens (including phenoxy) is 2. The van der Waals surface area contributed by atoms with Crippen LogP contribution < -0.4 is 0 Å². The summed E-state index contributed by atoms with van der Waals surface area (Å²) >= 11 is 12.8. The lowest BCUT2D eigenvalue weighted by Gasteiger charge is -2.54. The van der Waals surface area contributed by atoms with Crippen LogP contribution in [0.25, 0.3) is 22.1 Å². The van der Waals surface area contributed by atoms with Gasteiger partial charge in [0.15, 0.2) is 0 Å². The van der Waals surface area contributed by atoms with Gasteiger partial charge in [-0.05, 0) is 194 Å². The number of halogens is 2. The largest absolute Gasteiger partial charge is 0.361 e. The Morgan fingerprint density at radius 1 is 0.562 bits per heavy atom. The SMILES string of the molecule is C[Si](C)(C)CCOCn1c(Cl)nc2cc(CC(=O)CC3C4CC5CC(C4)CC3C5)ccc21.C[Si](C)(C)CCOCn1c(Cl)nc2ccc(CC(=O)CC3C4CC5CC(C4)CC3C5)cc21. The lowest BCUT2D eigenvalue weighted by Crippen LogP contribution is -2.45. The van der Waals surface area contributed by atoms with Crippen molar-refractivity contribution in [1.82, 2.24) is 19.1 Å². The van der Waals surface area contributed by atoms with Crippen LogP contribution in [0.1, 0.15) is 88.2 Å². The lowest BCUT2D eigenvalue weighted by atomic mass is 9.51. The van der Waals surface area contributed by atoms with Crippen LogP contribution in [0.2, 0.25) is 61.9 Å². The number of benzene rings is 2. The zero-order valence-electron chi connectivity index (χ0n) is 39.6. The first kappa shape index (κ1) is 46.8. The van der Waals surface area contributed by atoms with Gasteiger partial charge >= 0.3 is 0 Å². The summed E-state index contributed by atoms with van der Waals surface area (Å²) in [5.41, 5.74) is 5.76. The zero-order chi connectivity index (χ0) is 44.9. The van der Waals surface area contributed by atoms with Gasteiger partial charge in [-0.15, -0.1) is 0 Å². The average molecular weight is 946 g/mol. The minimum Gasteiger partial charge on any atom is -0.361 e. The van der Waals surface area contributed by atoms with Gasteiger partial charge in [-0.2, -0.15) is 0 Å². The van der Waals surface area contributed by atoms with Gasteiger partial charge < -0.3 is 9.47 Å². The van der Waals surface area contributed by atoms with Crippen molar-refractivity contribution in [2.45, 2.75) is 155 Å². The Kier molecular flexibility index (Phi) is 14.1. The summed E-state index contributed by atoms with van der Waals surface area (Å²) < 4.78 is 15.7. The van der Waals surface area contributed by atoms with Crippen molar-refractivity contribution in [3.8, 4) is 0 Å². The van der Waals surface area contributed by atoms with Crippen LogP contribution >= 0.6 is 23.2 Å². The second-order valence-electron chi connectivity index (χ2n) is 24.0. The molecule has 8 aliphatic carbocycles. The third kappa shape index (κ3) is 11.2. The maximum atomic E-state index is 13.1. The van der Waals surface area contributed by atoms with Crippen molar-refractivity contribution in [3.63, 3.8) is 0 Å². The summed E-state index contributed by atoms with van der Waals surface area (Å²) in [5.74, 6) is 9.16. The van der Waals surface area contributed by atoms with Gasteiger partial charge in [0.05, 0.1) is 22.1 Å². The molecule has 0 atom stereocenters. The molecule has 0 amide bonds. The number of ketones is 2. The number of carbonyl (C=O) groups is 2. The molecule has 0 unspecified atom stereocenters. The van der Waals surface area contributed by atoms with E-state index in [0.29, 0.717) is 60.3 Å². The first-order valence-electron chi connectivity index (χ1n) is 25.0. The number of aromatic nitrogens is 4. The van der Waals surface area contributed by atoms with Gasteiger partial charge in [0, 0.05) is 55.0 Å². The molecule has 4 aromatic rings. The van der Waals surface area contributed by atoms with E-state index in [9.17, 15) is 9.59 Å². The zero-order valence-corrected chi connectivity index (χ0v) is 43.1. The van der Waals surface area contributed by atoms with Gasteiger partial charge in [-0.3, -0.25) is 18.7 Å². The number of hydrogen-bond donors (Lipinski definition) is 0. The molecule has 64 heavy (non-hydrogen) atoms. The van der Waals surface area contributed by atoms with E-state index in [1.807, 2.05) is 33.4 Å². The fourth-order valence-corrected chi connectivity index (χ4v) is 15.7. The fourth-order valence-electron chi connectivity index (χ4n) is 13.7. The molecule has 12 heteroatoms. The Labute approximate surface area is 394 Å². The molecule has 8 fully saturated rings. The third-order valence-corrected chi connectivity index (χ3v) is 20.5. The predicted octanol–water partition coefficient (Wildman–Crippen LogP) is 13.2. The van der Waals surface area contributed by atoms with Gasteiger partial charge in [0.2, 0.25) is 10.6 Å². The monoisotopic (exact) mass is 944 g/mol. The first-order valence-corrected chi connectivity index (χ1v) is 33.2. The van der Waals surface area contributed by atoms with Crippen molar-refractivity contribution in [2.75, 3.05) is 13.2 Å². The molecule has 0 spiro atoms. The molecule has 0 saturated heterocycles. The molecule has 2 heterocycles. The van der Waals surface area contributed by atoms with Gasteiger partial charge in [0.25, 0.3) is 0 Å². The third-order valence-electron chi connectivity index (χ3n) is 16.5. The summed E-state index contributed by atoms with van der Waals surface area (Å²) in [6, 6.07) is 14.5. The first-order chi connectivity index (χ1) is 30.5. The average Bonchev–Trinajstić information content (AvgIpc) is 3.69. The van der Waals surface area contributed by atoms with Crippen LogP contribution in [0.4, 0.5) is 0 Å². The van der Waals surface area contributed by atoms with E-state index >= 15 is 0 Å². The van der Waals surface area contributed by atoms with Crippen LogP contribution in [-0.4, -0.2) is 60.0 Å². The highest BCUT2D eigenvalue weighted by molar-refractivity contribution is 6.76. The Bertz CT molecular complexity index is 2260. The molecule has 8 nitrogen and oxygen atoms in total. The Morgan fingerprint density at radius 2 is 0.969 bits per heavy atom. The van der Waals surface area contributed by atoms with Crippen molar-refractivity contribution in [1.29, 1.82) is 0 Å². The van der Waals surface area contributed by atoms with Crippen LogP contribution in [0.15, 0.2) is 36.4 Å². The summed E-state index contributed by atoms with van der Waals surface area (Å²) in [7, 11) is -2.23. The second kappa shape index (κ2) is 19.3. The molecule has 0 aliphatic heterocycles. The Balaban J connectivity index is 0.000000162. The number of rotatable bonds is 18. The minimum atomic E-state index is -1.12. The Morgan fingerprint density at radius 3 is 1.42 bits per heavy atom. The standard InChI is InChI=1S/2C26H37ClN2O2Si/c1-32(2,3)7-6-31-16-29-25-5-4-17(14-24(25)28-26(29)27)13-22(30)15-23-20-9-18-8-19(11-20)12-21(23)10-18;1-32(2,3)7-6-31-16-29-25-14-17(4-5-24(25)28-26(29)27)13-22(30)15-23-20-9-18-8-19(11-20)12-21(23)10-18/h2*4-5,14,18-21,23H,6-13,15-16H2,1-3H3. The van der Waals surface area contributed by atoms with E-state index in [1.165, 1.54) is 64.2 Å². The lowest BCUT2D eigenvalue weighted by molar-refractivity contribution is -0.124. The molecule has 2 aromatic carbocycles. The van der Waals surface area contributed by atoms with Gasteiger partial charge in [0.1, 0.15) is 25.0 Å². The molecule has 0 N–H and O–H groups in total.